The maximum atomic E-state index is 6.29. The maximum absolute atomic E-state index is 6.29. The summed E-state index contributed by atoms with van der Waals surface area (Å²) in [4.78, 5) is 8.79. The lowest BCUT2D eigenvalue weighted by Crippen LogP contribution is -2.44. The van der Waals surface area contributed by atoms with Gasteiger partial charge in [0.1, 0.15) is 0 Å². The van der Waals surface area contributed by atoms with Crippen molar-refractivity contribution in [3.8, 4) is 0 Å². The predicted octanol–water partition coefficient (Wildman–Crippen LogP) is 6.64. The molecule has 6 rings (SSSR count). The molecule has 0 saturated carbocycles. The van der Waals surface area contributed by atoms with E-state index in [4.69, 9.17) is 4.84 Å². The lowest BCUT2D eigenvalue weighted by atomic mass is 9.76. The molecule has 2 aliphatic heterocycles. The van der Waals surface area contributed by atoms with Crippen LogP contribution in [0.25, 0.3) is 0 Å². The second-order valence-electron chi connectivity index (χ2n) is 8.92. The first kappa shape index (κ1) is 19.8. The maximum Gasteiger partial charge on any atom is 0.164 e. The second kappa shape index (κ2) is 8.25. The van der Waals surface area contributed by atoms with Crippen LogP contribution in [0, 0.1) is 6.92 Å². The van der Waals surface area contributed by atoms with Gasteiger partial charge in [-0.3, -0.25) is 0 Å². The smallest absolute Gasteiger partial charge is 0.164 e. The monoisotopic (exact) mass is 430 g/mol. The molecule has 33 heavy (non-hydrogen) atoms. The van der Waals surface area contributed by atoms with Gasteiger partial charge in [0.15, 0.2) is 6.10 Å². The van der Waals surface area contributed by atoms with Crippen LogP contribution in [0.15, 0.2) is 114 Å². The van der Waals surface area contributed by atoms with Gasteiger partial charge in [-0.1, -0.05) is 114 Å². The van der Waals surface area contributed by atoms with Gasteiger partial charge in [0, 0.05) is 17.8 Å². The number of anilines is 1. The van der Waals surface area contributed by atoms with E-state index >= 15 is 0 Å². The summed E-state index contributed by atoms with van der Waals surface area (Å²) < 4.78 is 0. The van der Waals surface area contributed by atoms with Crippen LogP contribution in [0.4, 0.5) is 5.69 Å². The van der Waals surface area contributed by atoms with Gasteiger partial charge in [0.05, 0.1) is 17.7 Å². The van der Waals surface area contributed by atoms with Gasteiger partial charge in [-0.05, 0) is 29.7 Å². The molecule has 0 aliphatic carbocycles. The Hall–Kier alpha value is -3.85. The molecular weight excluding hydrogens is 404 g/mol. The highest BCUT2D eigenvalue weighted by atomic mass is 16.6. The number of fused-ring (bicyclic) bond motifs is 3. The van der Waals surface area contributed by atoms with Crippen molar-refractivity contribution in [2.75, 3.05) is 4.90 Å². The summed E-state index contributed by atoms with van der Waals surface area (Å²) in [5.74, 6) is 0.0844. The number of hydrogen-bond acceptors (Lipinski definition) is 3. The van der Waals surface area contributed by atoms with E-state index < -0.39 is 0 Å². The van der Waals surface area contributed by atoms with Crippen molar-refractivity contribution in [2.45, 2.75) is 31.5 Å². The molecule has 3 nitrogen and oxygen atoms in total. The van der Waals surface area contributed by atoms with E-state index in [9.17, 15) is 0 Å². The average molecular weight is 431 g/mol. The Morgan fingerprint density at radius 3 is 2.18 bits per heavy atom. The van der Waals surface area contributed by atoms with Gasteiger partial charge < -0.3 is 9.74 Å². The van der Waals surface area contributed by atoms with Crippen molar-refractivity contribution in [3.63, 3.8) is 0 Å². The fourth-order valence-electron chi connectivity index (χ4n) is 5.23. The minimum atomic E-state index is -0.0951. The van der Waals surface area contributed by atoms with E-state index in [1.54, 1.807) is 0 Å². The van der Waals surface area contributed by atoms with E-state index in [1.807, 2.05) is 0 Å². The van der Waals surface area contributed by atoms with E-state index in [0.717, 1.165) is 17.8 Å². The van der Waals surface area contributed by atoms with E-state index in [2.05, 4.69) is 126 Å². The molecule has 0 N–H and O–H groups in total. The van der Waals surface area contributed by atoms with Crippen LogP contribution in [0.3, 0.4) is 0 Å². The third kappa shape index (κ3) is 3.50. The summed E-state index contributed by atoms with van der Waals surface area (Å²) in [6.07, 6.45) is -0.0951. The Kier molecular flexibility index (Phi) is 4.95. The highest BCUT2D eigenvalue weighted by Gasteiger charge is 2.49. The first-order valence-corrected chi connectivity index (χ1v) is 11.5. The standard InChI is InChI=1S/C30H26N2O/c1-21-16-18-23(19-17-21)28-27-25-14-8-9-15-26(25)32(20-22-10-4-2-5-11-22)29(30(27)33-31-28)24-12-6-3-7-13-24/h2-19,27,29-30H,20H2,1H3/t27-,29?,30+/m1/s1. The normalized spacial score (nSPS) is 21.1. The Morgan fingerprint density at radius 1 is 0.758 bits per heavy atom. The summed E-state index contributed by atoms with van der Waals surface area (Å²) in [6.45, 7) is 2.92. The molecule has 162 valence electrons. The number of para-hydroxylation sites is 1. The number of hydrogen-bond donors (Lipinski definition) is 0. The molecule has 0 spiro atoms. The highest BCUT2D eigenvalue weighted by Crippen LogP contribution is 2.50. The van der Waals surface area contributed by atoms with Gasteiger partial charge in [0.2, 0.25) is 0 Å². The molecule has 1 unspecified atom stereocenters. The number of oxime groups is 1. The number of nitrogens with zero attached hydrogens (tertiary/aromatic N) is 2. The number of aryl methyl sites for hydroxylation is 1. The summed E-state index contributed by atoms with van der Waals surface area (Å²) in [7, 11) is 0. The minimum absolute atomic E-state index is 0.0537. The second-order valence-corrected chi connectivity index (χ2v) is 8.92. The molecular formula is C30H26N2O. The average Bonchev–Trinajstić information content (AvgIpc) is 3.31. The molecule has 0 aromatic heterocycles. The molecule has 3 atom stereocenters. The van der Waals surface area contributed by atoms with Gasteiger partial charge in [0.25, 0.3) is 0 Å². The lowest BCUT2D eigenvalue weighted by molar-refractivity contribution is 0.0497. The van der Waals surface area contributed by atoms with Gasteiger partial charge in [-0.15, -0.1) is 0 Å². The van der Waals surface area contributed by atoms with E-state index in [0.29, 0.717) is 0 Å². The Bertz CT molecular complexity index is 1280. The largest absolute Gasteiger partial charge is 0.389 e. The molecule has 0 saturated heterocycles. The molecule has 2 aliphatic rings. The summed E-state index contributed by atoms with van der Waals surface area (Å²) in [5.41, 5.74) is 8.46. The Morgan fingerprint density at radius 2 is 1.42 bits per heavy atom. The number of rotatable bonds is 4. The summed E-state index contributed by atoms with van der Waals surface area (Å²) >= 11 is 0. The number of benzene rings is 4. The Labute approximate surface area is 195 Å². The van der Waals surface area contributed by atoms with Gasteiger partial charge >= 0.3 is 0 Å². The molecule has 0 bridgehead atoms. The summed E-state index contributed by atoms with van der Waals surface area (Å²) in [5, 5.41) is 4.69. The molecule has 4 aromatic carbocycles. The third-order valence-corrected chi connectivity index (χ3v) is 6.81. The Balaban J connectivity index is 1.50. The van der Waals surface area contributed by atoms with Crippen molar-refractivity contribution in [3.05, 3.63) is 137 Å². The summed E-state index contributed by atoms with van der Waals surface area (Å²) in [6, 6.07) is 38.8. The van der Waals surface area contributed by atoms with Gasteiger partial charge in [-0.25, -0.2) is 0 Å². The van der Waals surface area contributed by atoms with Crippen molar-refractivity contribution in [1.82, 2.24) is 0 Å². The van der Waals surface area contributed by atoms with Crippen LogP contribution in [-0.2, 0) is 11.4 Å². The van der Waals surface area contributed by atoms with Crippen LogP contribution in [-0.4, -0.2) is 11.8 Å². The molecule has 3 heteroatoms. The zero-order valence-corrected chi connectivity index (χ0v) is 18.6. The zero-order chi connectivity index (χ0) is 22.2. The van der Waals surface area contributed by atoms with Crippen molar-refractivity contribution in [1.29, 1.82) is 0 Å². The third-order valence-electron chi connectivity index (χ3n) is 6.81. The molecule has 2 heterocycles. The lowest BCUT2D eigenvalue weighted by Gasteiger charge is -2.44. The minimum Gasteiger partial charge on any atom is -0.389 e. The van der Waals surface area contributed by atoms with Crippen molar-refractivity contribution >= 4 is 11.4 Å². The quantitative estimate of drug-likeness (QED) is 0.362. The molecule has 0 radical (unpaired) electrons. The topological polar surface area (TPSA) is 24.8 Å². The van der Waals surface area contributed by atoms with E-state index in [1.165, 1.54) is 27.9 Å². The highest BCUT2D eigenvalue weighted by molar-refractivity contribution is 6.07. The fourth-order valence-corrected chi connectivity index (χ4v) is 5.23. The molecule has 4 aromatic rings. The fraction of sp³-hybridized carbons (Fsp3) is 0.167. The SMILES string of the molecule is Cc1ccc(C2=NO[C@@H]3C(c4ccccc4)N(Cc4ccccc4)c4ccccc4[C@H]23)cc1. The van der Waals surface area contributed by atoms with Gasteiger partial charge in [-0.2, -0.15) is 0 Å². The van der Waals surface area contributed by atoms with E-state index in [-0.39, 0.29) is 18.1 Å². The van der Waals surface area contributed by atoms with Crippen LogP contribution < -0.4 is 4.90 Å². The van der Waals surface area contributed by atoms with Crippen molar-refractivity contribution in [2.24, 2.45) is 5.16 Å². The van der Waals surface area contributed by atoms with Crippen LogP contribution >= 0.6 is 0 Å². The molecule has 0 fully saturated rings. The predicted molar refractivity (Wildman–Crippen MR) is 134 cm³/mol. The zero-order valence-electron chi connectivity index (χ0n) is 18.6. The van der Waals surface area contributed by atoms with Crippen LogP contribution in [0.5, 0.6) is 0 Å². The van der Waals surface area contributed by atoms with Crippen molar-refractivity contribution < 1.29 is 4.84 Å². The van der Waals surface area contributed by atoms with Crippen LogP contribution in [0.2, 0.25) is 0 Å². The van der Waals surface area contributed by atoms with Crippen LogP contribution in [0.1, 0.15) is 39.8 Å². The molecule has 0 amide bonds. The first-order chi connectivity index (χ1) is 16.3. The first-order valence-electron chi connectivity index (χ1n) is 11.5.